The van der Waals surface area contributed by atoms with Crippen LogP contribution in [0.5, 0.6) is 17.2 Å². The molecule has 3 amide bonds. The molecule has 588 valence electrons. The second kappa shape index (κ2) is 41.0. The van der Waals surface area contributed by atoms with Crippen LogP contribution in [0.15, 0.2) is 140 Å². The molecule has 0 aromatic heterocycles. The van der Waals surface area contributed by atoms with Gasteiger partial charge < -0.3 is 67.3 Å². The standard InChI is InChI=1S/C30H41NO4.C26H31N3O3.C11H11N.C10H12O3.C8H16O.C2H3F3O.H3N/c1-20(17-22-13-15-24(32)16-14-22)28(33)18-26(30(3,4)19-21(2)35-5)29(34)31-27-12-8-10-23-9-6-7-11-25(23)27;1-26(2)14-22-19-13-17(30)11-10-16(19)12-20(27)25(32)29(22)23(26)24(31)28-21-9-5-7-15-6-3-4-8-18(15)21;1-12-11-8-4-6-9-5-2-3-7-10(9)11;1-7(10(12)13)6-8-2-4-9(11)5-3-8;1-7(2)5-8(3,4)6-9;3-2(4,5)1-6;/h6-7,9,11,13-16,20-21,26-27,32H,8,10,12,17-19H2,1-5H3,(H,31,34);3-4,6,8,10-11,13,20-23,30H,5,7,9,12,14,27H2,1-2H3,(H,28,31);2-3,5,7,11H,4,6,8H2;2-5,7,11H,6H2,1H3,(H,12,13);6-7H,5H2,1-4H3;6H,1H2;1H3/t20-,21?,26?,27+;20-,21+,22+,23?;11-;7-;;;/m0010.../s1. The Labute approximate surface area is 637 Å². The summed E-state index contributed by atoms with van der Waals surface area (Å²) in [5, 5.41) is 51.2. The zero-order valence-corrected chi connectivity index (χ0v) is 65.1. The molecule has 3 aliphatic carbocycles. The number of carboxylic acid groups (broad SMARTS) is 1. The third-order valence-electron chi connectivity index (χ3n) is 20.9. The molecule has 10 atom stereocenters. The number of aromatic hydroxyl groups is 3. The number of aliphatic carboxylic acids is 1. The SMILES string of the molecule is CC(C)CC(C)(C)C=O.CC1(C)C[C@@H]2c3cc(O)ccc3C[C@H](N)C(=O)N2C1C(=O)N[C@@H]1CCCc2ccccc21.COC(C)CC(C)(C)C(CC(=O)[C@@H](C)Cc1ccc(O)cc1)C(=O)N[C@@H]1CCCc2ccccc21.C[C@@H](Cc1ccc(O)cc1)C(=O)O.N.OCC(F)(F)F.[C-]#[N+][C@@H]1CCCc2ccccc21. The van der Waals surface area contributed by atoms with Gasteiger partial charge in [-0.2, -0.15) is 13.2 Å². The van der Waals surface area contributed by atoms with Crippen LogP contribution in [0.3, 0.4) is 0 Å². The lowest BCUT2D eigenvalue weighted by molar-refractivity contribution is -0.159. The first-order valence-corrected chi connectivity index (χ1v) is 37.5. The van der Waals surface area contributed by atoms with Crippen molar-refractivity contribution in [2.75, 3.05) is 13.7 Å². The Morgan fingerprint density at radius 2 is 1.14 bits per heavy atom. The van der Waals surface area contributed by atoms with Crippen molar-refractivity contribution >= 4 is 35.8 Å². The molecular weight excluding hydrogens is 1380 g/mol. The van der Waals surface area contributed by atoms with E-state index in [0.29, 0.717) is 38.0 Å². The van der Waals surface area contributed by atoms with Gasteiger partial charge in [-0.15, -0.1) is 0 Å². The minimum atomic E-state index is -4.40. The number of aldehydes is 1. The van der Waals surface area contributed by atoms with E-state index in [1.165, 1.54) is 39.8 Å². The van der Waals surface area contributed by atoms with Crippen molar-refractivity contribution in [3.05, 3.63) is 207 Å². The van der Waals surface area contributed by atoms with E-state index in [0.717, 1.165) is 86.3 Å². The van der Waals surface area contributed by atoms with Gasteiger partial charge in [0.05, 0.1) is 42.1 Å². The number of phenolic OH excluding ortho intramolecular Hbond substituents is 3. The molecule has 108 heavy (non-hydrogen) atoms. The van der Waals surface area contributed by atoms with Crippen molar-refractivity contribution in [1.82, 2.24) is 21.7 Å². The zero-order chi connectivity index (χ0) is 79.1. The van der Waals surface area contributed by atoms with Crippen LogP contribution < -0.4 is 22.5 Å². The van der Waals surface area contributed by atoms with Crippen molar-refractivity contribution in [2.24, 2.45) is 45.7 Å². The van der Waals surface area contributed by atoms with Gasteiger partial charge in [-0.25, -0.2) is 6.57 Å². The summed E-state index contributed by atoms with van der Waals surface area (Å²) in [5.41, 5.74) is 16.7. The van der Waals surface area contributed by atoms with Crippen LogP contribution in [0.1, 0.15) is 220 Å². The number of aliphatic hydroxyl groups excluding tert-OH is 1. The number of aryl methyl sites for hydroxylation is 3. The third-order valence-corrected chi connectivity index (χ3v) is 20.9. The number of alkyl halides is 3. The number of Topliss-reactive ketones (excluding diaryl/α,β-unsaturated/α-hetero) is 1. The fraction of sp³-hybridized carbons (Fsp3) is 0.506. The number of phenols is 3. The van der Waals surface area contributed by atoms with Crippen molar-refractivity contribution in [1.29, 1.82) is 0 Å². The topological polar surface area (TPSA) is 305 Å². The van der Waals surface area contributed by atoms with Crippen molar-refractivity contribution in [3.8, 4) is 17.2 Å². The molecule has 21 heteroatoms. The molecule has 12 N–H and O–H groups in total. The Morgan fingerprint density at radius 3 is 1.60 bits per heavy atom. The predicted molar refractivity (Wildman–Crippen MR) is 416 cm³/mol. The zero-order valence-electron chi connectivity index (χ0n) is 65.1. The average Bonchev–Trinajstić information content (AvgIpc) is 1.58. The fourth-order valence-corrected chi connectivity index (χ4v) is 15.4. The second-order valence-corrected chi connectivity index (χ2v) is 31.9. The molecule has 2 heterocycles. The van der Waals surface area contributed by atoms with E-state index in [2.05, 4.69) is 91.7 Å². The number of fused-ring (bicyclic) bond motifs is 6. The van der Waals surface area contributed by atoms with Crippen LogP contribution in [-0.4, -0.2) is 104 Å². The fourth-order valence-electron chi connectivity index (χ4n) is 15.4. The Kier molecular flexibility index (Phi) is 34.1. The first kappa shape index (κ1) is 89.7. The summed E-state index contributed by atoms with van der Waals surface area (Å²) in [6.45, 7) is 27.3. The van der Waals surface area contributed by atoms with E-state index >= 15 is 0 Å². The molecule has 1 saturated heterocycles. The van der Waals surface area contributed by atoms with E-state index in [1.54, 1.807) is 67.5 Å². The molecule has 0 saturated carbocycles. The number of carbonyl (C=O) groups excluding carboxylic acids is 5. The Morgan fingerprint density at radius 1 is 0.676 bits per heavy atom. The van der Waals surface area contributed by atoms with Crippen LogP contribution in [0, 0.1) is 46.5 Å². The number of ketones is 1. The van der Waals surface area contributed by atoms with E-state index < -0.39 is 47.6 Å². The van der Waals surface area contributed by atoms with Gasteiger partial charge in [0.1, 0.15) is 42.0 Å². The number of hydrogen-bond donors (Lipinski definition) is 9. The number of methoxy groups -OCH3 is 1. The lowest BCUT2D eigenvalue weighted by atomic mass is 9.71. The Balaban J connectivity index is 0.000000258. The monoisotopic (exact) mass is 1490 g/mol. The Bertz CT molecular complexity index is 3950. The molecular formula is C87H117F3N6O12. The number of nitrogens with two attached hydrogens (primary N) is 1. The highest BCUT2D eigenvalue weighted by atomic mass is 19.4. The van der Waals surface area contributed by atoms with Crippen LogP contribution in [0.25, 0.3) is 4.85 Å². The van der Waals surface area contributed by atoms with Gasteiger partial charge in [-0.05, 0) is 200 Å². The maximum atomic E-state index is 13.8. The largest absolute Gasteiger partial charge is 0.508 e. The van der Waals surface area contributed by atoms with Gasteiger partial charge in [0.2, 0.25) is 23.8 Å². The number of nitrogens with one attached hydrogen (secondary N) is 2. The van der Waals surface area contributed by atoms with E-state index in [4.69, 9.17) is 32.4 Å². The Hall–Kier alpha value is -8.94. The van der Waals surface area contributed by atoms with Gasteiger partial charge in [0, 0.05) is 36.8 Å². The molecule has 6 aromatic rings. The number of carbonyl (C=O) groups is 6. The average molecular weight is 1500 g/mol. The van der Waals surface area contributed by atoms with Crippen LogP contribution in [-0.2, 0) is 72.0 Å². The number of carboxylic acids is 1. The number of rotatable bonds is 19. The summed E-state index contributed by atoms with van der Waals surface area (Å²) < 4.78 is 37.1. The molecule has 1 fully saturated rings. The second-order valence-electron chi connectivity index (χ2n) is 31.9. The summed E-state index contributed by atoms with van der Waals surface area (Å²) in [6.07, 6.45) is 9.91. The van der Waals surface area contributed by atoms with Gasteiger partial charge in [-0.1, -0.05) is 172 Å². The number of halogens is 3. The first-order valence-electron chi connectivity index (χ1n) is 37.5. The maximum Gasteiger partial charge on any atom is 0.411 e. The summed E-state index contributed by atoms with van der Waals surface area (Å²) in [7, 11) is 1.68. The number of aliphatic hydroxyl groups is 1. The van der Waals surface area contributed by atoms with Crippen molar-refractivity contribution in [2.45, 2.75) is 227 Å². The van der Waals surface area contributed by atoms with E-state index in [9.17, 15) is 52.2 Å². The van der Waals surface area contributed by atoms with Crippen molar-refractivity contribution in [3.63, 3.8) is 0 Å². The molecule has 0 spiro atoms. The van der Waals surface area contributed by atoms with Crippen LogP contribution in [0.4, 0.5) is 13.2 Å². The summed E-state index contributed by atoms with van der Waals surface area (Å²) >= 11 is 0. The smallest absolute Gasteiger partial charge is 0.411 e. The van der Waals surface area contributed by atoms with Crippen LogP contribution in [0.2, 0.25) is 0 Å². The number of amides is 3. The third kappa shape index (κ3) is 26.4. The lowest BCUT2D eigenvalue weighted by Crippen LogP contribution is -2.55. The van der Waals surface area contributed by atoms with Crippen molar-refractivity contribution < 1.29 is 72.2 Å². The molecule has 3 unspecified atom stereocenters. The normalized spacial score (nSPS) is 19.8. The number of ether oxygens (including phenoxy) is 1. The number of benzene rings is 6. The van der Waals surface area contributed by atoms with Crippen LogP contribution >= 0.6 is 0 Å². The lowest BCUT2D eigenvalue weighted by Gasteiger charge is -2.37. The maximum absolute atomic E-state index is 13.8. The highest BCUT2D eigenvalue weighted by molar-refractivity contribution is 5.92. The summed E-state index contributed by atoms with van der Waals surface area (Å²) in [5.74, 6) is -0.951. The summed E-state index contributed by atoms with van der Waals surface area (Å²) in [4.78, 5) is 80.5. The predicted octanol–water partition coefficient (Wildman–Crippen LogP) is 16.5. The molecule has 5 aliphatic rings. The molecule has 18 nitrogen and oxygen atoms in total. The molecule has 6 aromatic carbocycles. The summed E-state index contributed by atoms with van der Waals surface area (Å²) in [6, 6.07) is 42.2. The quantitative estimate of drug-likeness (QED) is 0.0269. The van der Waals surface area contributed by atoms with Gasteiger partial charge in [0.25, 0.3) is 0 Å². The van der Waals surface area contributed by atoms with E-state index in [1.807, 2.05) is 84.0 Å². The molecule has 2 aliphatic heterocycles. The molecule has 0 bridgehead atoms. The molecule has 11 rings (SSSR count). The number of nitrogens with zero attached hydrogens (tertiary/aromatic N) is 2. The minimum Gasteiger partial charge on any atom is -0.508 e. The van der Waals surface area contributed by atoms with E-state index in [-0.39, 0.29) is 101 Å². The highest BCUT2D eigenvalue weighted by Crippen LogP contribution is 2.51. The van der Waals surface area contributed by atoms with Gasteiger partial charge >= 0.3 is 12.1 Å². The number of hydrogen-bond acceptors (Lipinski definition) is 13. The molecule has 0 radical (unpaired) electrons. The van der Waals surface area contributed by atoms with Gasteiger partial charge in [-0.3, -0.25) is 24.0 Å². The minimum absolute atomic E-state index is 0. The first-order chi connectivity index (χ1) is 50.4. The van der Waals surface area contributed by atoms with Gasteiger partial charge in [0.15, 0.2) is 0 Å². The highest BCUT2D eigenvalue weighted by Gasteiger charge is 2.55.